The first kappa shape index (κ1) is 21.0. The Bertz CT molecular complexity index is 1080. The van der Waals surface area contributed by atoms with Gasteiger partial charge in [-0.05, 0) is 26.7 Å². The summed E-state index contributed by atoms with van der Waals surface area (Å²) >= 11 is 0. The monoisotopic (exact) mass is 437 g/mol. The van der Waals surface area contributed by atoms with E-state index in [4.69, 9.17) is 4.84 Å². The standard InChI is InChI=1S/C19H27N5O5S/c1-3-24-18-16(12(2)22-24)17(21-13-4-6-30(27,28)7-5-13)14(9-20-18)15-8-19(10-25,11-26)29-23-15/h9,13,25-26H,3-8,10-11H2,1-2H3,(H,20,21). The normalized spacial score (nSPS) is 20.9. The van der Waals surface area contributed by atoms with E-state index in [1.54, 1.807) is 6.20 Å². The molecule has 4 heterocycles. The summed E-state index contributed by atoms with van der Waals surface area (Å²) in [6, 6.07) is -0.00869. The third-order valence-corrected chi connectivity index (χ3v) is 7.58. The second kappa shape index (κ2) is 7.78. The van der Waals surface area contributed by atoms with Crippen molar-refractivity contribution in [2.75, 3.05) is 30.0 Å². The van der Waals surface area contributed by atoms with Crippen LogP contribution in [0.15, 0.2) is 11.4 Å². The van der Waals surface area contributed by atoms with Gasteiger partial charge in [0, 0.05) is 30.8 Å². The molecule has 0 amide bonds. The minimum atomic E-state index is -2.97. The average Bonchev–Trinajstić information content (AvgIpc) is 3.31. The topological polar surface area (TPSA) is 139 Å². The van der Waals surface area contributed by atoms with Crippen LogP contribution >= 0.6 is 0 Å². The summed E-state index contributed by atoms with van der Waals surface area (Å²) in [5.74, 6) is 0.313. The number of sulfone groups is 1. The molecule has 1 saturated heterocycles. The number of aromatic nitrogens is 3. The summed E-state index contributed by atoms with van der Waals surface area (Å²) in [6.07, 6.45) is 2.98. The largest absolute Gasteiger partial charge is 0.392 e. The first-order chi connectivity index (χ1) is 14.3. The summed E-state index contributed by atoms with van der Waals surface area (Å²) in [5.41, 5.74) is 2.46. The van der Waals surface area contributed by atoms with Gasteiger partial charge in [0.25, 0.3) is 0 Å². The Morgan fingerprint density at radius 1 is 1.30 bits per heavy atom. The van der Waals surface area contributed by atoms with Gasteiger partial charge in [-0.3, -0.25) is 0 Å². The van der Waals surface area contributed by atoms with Crippen LogP contribution < -0.4 is 5.32 Å². The number of pyridine rings is 1. The first-order valence-electron chi connectivity index (χ1n) is 10.1. The van der Waals surface area contributed by atoms with Crippen molar-refractivity contribution in [3.05, 3.63) is 17.5 Å². The number of fused-ring (bicyclic) bond motifs is 1. The molecule has 3 N–H and O–H groups in total. The molecule has 2 aliphatic rings. The maximum Gasteiger partial charge on any atom is 0.188 e. The van der Waals surface area contributed by atoms with Gasteiger partial charge in [-0.1, -0.05) is 5.16 Å². The number of hydrogen-bond donors (Lipinski definition) is 3. The highest BCUT2D eigenvalue weighted by molar-refractivity contribution is 7.91. The molecule has 2 aliphatic heterocycles. The van der Waals surface area contributed by atoms with E-state index in [1.807, 2.05) is 18.5 Å². The Balaban J connectivity index is 1.77. The minimum Gasteiger partial charge on any atom is -0.392 e. The number of hydrogen-bond acceptors (Lipinski definition) is 9. The van der Waals surface area contributed by atoms with Gasteiger partial charge in [0.15, 0.2) is 11.2 Å². The predicted molar refractivity (Wildman–Crippen MR) is 112 cm³/mol. The lowest BCUT2D eigenvalue weighted by Gasteiger charge is -2.26. The Hall–Kier alpha value is -2.24. The number of aliphatic hydroxyl groups excluding tert-OH is 2. The highest BCUT2D eigenvalue weighted by Crippen LogP contribution is 2.35. The van der Waals surface area contributed by atoms with Crippen molar-refractivity contribution in [1.29, 1.82) is 0 Å². The molecule has 1 fully saturated rings. The van der Waals surface area contributed by atoms with Crippen LogP contribution in [0.1, 0.15) is 37.4 Å². The Morgan fingerprint density at radius 3 is 2.60 bits per heavy atom. The maximum absolute atomic E-state index is 11.8. The number of oxime groups is 1. The summed E-state index contributed by atoms with van der Waals surface area (Å²) < 4.78 is 25.5. The number of aliphatic hydroxyl groups is 2. The van der Waals surface area contributed by atoms with Crippen LogP contribution in [0.25, 0.3) is 11.0 Å². The summed E-state index contributed by atoms with van der Waals surface area (Å²) in [7, 11) is -2.97. The molecule has 0 atom stereocenters. The Labute approximate surface area is 174 Å². The van der Waals surface area contributed by atoms with Crippen LogP contribution in [0.3, 0.4) is 0 Å². The molecule has 30 heavy (non-hydrogen) atoms. The fourth-order valence-electron chi connectivity index (χ4n) is 4.03. The Kier molecular flexibility index (Phi) is 5.45. The third-order valence-electron chi connectivity index (χ3n) is 5.86. The second-order valence-corrected chi connectivity index (χ2v) is 10.3. The molecule has 0 aliphatic carbocycles. The molecule has 0 spiro atoms. The van der Waals surface area contributed by atoms with E-state index in [1.165, 1.54) is 0 Å². The molecular formula is C19H27N5O5S. The van der Waals surface area contributed by atoms with Crippen LogP contribution in [-0.2, 0) is 21.2 Å². The van der Waals surface area contributed by atoms with E-state index >= 15 is 0 Å². The first-order valence-corrected chi connectivity index (χ1v) is 11.9. The van der Waals surface area contributed by atoms with Gasteiger partial charge in [-0.2, -0.15) is 5.10 Å². The van der Waals surface area contributed by atoms with E-state index in [2.05, 4.69) is 20.6 Å². The number of rotatable bonds is 6. The zero-order valence-corrected chi connectivity index (χ0v) is 17.9. The van der Waals surface area contributed by atoms with Crippen LogP contribution in [0.4, 0.5) is 5.69 Å². The van der Waals surface area contributed by atoms with E-state index < -0.39 is 15.4 Å². The molecule has 0 bridgehead atoms. The minimum absolute atomic E-state index is 0.00869. The van der Waals surface area contributed by atoms with Crippen LogP contribution in [0.5, 0.6) is 0 Å². The smallest absolute Gasteiger partial charge is 0.188 e. The van der Waals surface area contributed by atoms with Crippen LogP contribution in [0, 0.1) is 6.92 Å². The van der Waals surface area contributed by atoms with Crippen molar-refractivity contribution < 1.29 is 23.5 Å². The number of anilines is 1. The number of nitrogens with one attached hydrogen (secondary N) is 1. The molecule has 0 unspecified atom stereocenters. The molecule has 10 nitrogen and oxygen atoms in total. The average molecular weight is 438 g/mol. The lowest BCUT2D eigenvalue weighted by atomic mass is 9.94. The van der Waals surface area contributed by atoms with Gasteiger partial charge in [-0.25, -0.2) is 18.1 Å². The van der Waals surface area contributed by atoms with Gasteiger partial charge in [0.2, 0.25) is 0 Å². The lowest BCUT2D eigenvalue weighted by molar-refractivity contribution is -0.0878. The van der Waals surface area contributed by atoms with Crippen molar-refractivity contribution in [2.45, 2.75) is 51.3 Å². The van der Waals surface area contributed by atoms with Crippen LogP contribution in [0.2, 0.25) is 0 Å². The highest BCUT2D eigenvalue weighted by atomic mass is 32.2. The number of nitrogens with zero attached hydrogens (tertiary/aromatic N) is 4. The fourth-order valence-corrected chi connectivity index (χ4v) is 5.52. The van der Waals surface area contributed by atoms with Gasteiger partial charge in [-0.15, -0.1) is 0 Å². The van der Waals surface area contributed by atoms with Gasteiger partial charge in [0.05, 0.1) is 47.2 Å². The molecule has 11 heteroatoms. The van der Waals surface area contributed by atoms with Gasteiger partial charge < -0.3 is 20.4 Å². The SMILES string of the molecule is CCn1nc(C)c2c(NC3CCS(=O)(=O)CC3)c(C3=NOC(CO)(CO)C3)cnc21. The molecule has 164 valence electrons. The maximum atomic E-state index is 11.8. The zero-order chi connectivity index (χ0) is 21.5. The molecule has 0 aromatic carbocycles. The third kappa shape index (κ3) is 3.65. The summed E-state index contributed by atoms with van der Waals surface area (Å²) in [6.45, 7) is 3.85. The van der Waals surface area contributed by atoms with E-state index in [-0.39, 0.29) is 37.2 Å². The van der Waals surface area contributed by atoms with Crippen molar-refractivity contribution in [3.8, 4) is 0 Å². The summed E-state index contributed by atoms with van der Waals surface area (Å²) in [4.78, 5) is 9.98. The summed E-state index contributed by atoms with van der Waals surface area (Å²) in [5, 5.41) is 32.4. The van der Waals surface area contributed by atoms with Gasteiger partial charge >= 0.3 is 0 Å². The van der Waals surface area contributed by atoms with Crippen LogP contribution in [-0.4, -0.2) is 75.5 Å². The zero-order valence-electron chi connectivity index (χ0n) is 17.1. The van der Waals surface area contributed by atoms with E-state index in [0.29, 0.717) is 30.7 Å². The number of aryl methyl sites for hydroxylation is 2. The van der Waals surface area contributed by atoms with Crippen molar-refractivity contribution >= 4 is 32.3 Å². The Morgan fingerprint density at radius 2 is 2.00 bits per heavy atom. The highest BCUT2D eigenvalue weighted by Gasteiger charge is 2.40. The molecule has 2 aromatic rings. The molecule has 2 aromatic heterocycles. The second-order valence-electron chi connectivity index (χ2n) is 8.02. The molecular weight excluding hydrogens is 410 g/mol. The molecule has 4 rings (SSSR count). The van der Waals surface area contributed by atoms with Crippen molar-refractivity contribution in [3.63, 3.8) is 0 Å². The quantitative estimate of drug-likeness (QED) is 0.597. The van der Waals surface area contributed by atoms with Crippen molar-refractivity contribution in [1.82, 2.24) is 14.8 Å². The van der Waals surface area contributed by atoms with E-state index in [9.17, 15) is 18.6 Å². The lowest BCUT2D eigenvalue weighted by Crippen LogP contribution is -2.38. The predicted octanol–water partition coefficient (Wildman–Crippen LogP) is 0.597. The molecule has 0 saturated carbocycles. The van der Waals surface area contributed by atoms with Gasteiger partial charge in [0.1, 0.15) is 9.84 Å². The van der Waals surface area contributed by atoms with E-state index in [0.717, 1.165) is 22.4 Å². The molecule has 0 radical (unpaired) electrons. The van der Waals surface area contributed by atoms with Crippen molar-refractivity contribution in [2.24, 2.45) is 5.16 Å². The fraction of sp³-hybridized carbons (Fsp3) is 0.632.